The molecule has 1 aromatic heterocycles. The van der Waals surface area contributed by atoms with E-state index in [1.165, 1.54) is 37.4 Å². The number of thioether (sulfide) groups is 1. The highest BCUT2D eigenvalue weighted by atomic mass is 32.2. The number of nitrogens with zero attached hydrogens (tertiary/aromatic N) is 2. The molecule has 2 aromatic rings. The summed E-state index contributed by atoms with van der Waals surface area (Å²) in [7, 11) is 0. The maximum atomic E-state index is 12.6. The Labute approximate surface area is 182 Å². The van der Waals surface area contributed by atoms with E-state index >= 15 is 0 Å². The van der Waals surface area contributed by atoms with Gasteiger partial charge in [-0.3, -0.25) is 4.79 Å². The molecule has 1 N–H and O–H groups in total. The van der Waals surface area contributed by atoms with E-state index in [1.54, 1.807) is 19.1 Å². The molecule has 0 saturated heterocycles. The fraction of sp³-hybridized carbons (Fsp3) is 0.609. The Balaban J connectivity index is 1.40. The Kier molecular flexibility index (Phi) is 6.37. The van der Waals surface area contributed by atoms with Crippen molar-refractivity contribution in [1.29, 1.82) is 0 Å². The lowest BCUT2D eigenvalue weighted by Crippen LogP contribution is -2.40. The smallest absolute Gasteiger partial charge is 0.338 e. The topological polar surface area (TPSA) is 73.2 Å². The van der Waals surface area contributed by atoms with Gasteiger partial charge in [0.15, 0.2) is 5.16 Å². The number of carbonyl (C=O) groups is 2. The van der Waals surface area contributed by atoms with Gasteiger partial charge in [0, 0.05) is 12.6 Å². The van der Waals surface area contributed by atoms with Crippen LogP contribution in [-0.4, -0.2) is 39.8 Å². The van der Waals surface area contributed by atoms with Gasteiger partial charge in [-0.2, -0.15) is 0 Å². The standard InChI is InChI=1S/C23H31N3O3S/c1-4-26-20-9-8-17(22(28)29-5-2)12-19(20)25-23(26)30-13-21(27)24-14(3)18-11-15-6-7-16(18)10-15/h8-9,12,14-16,18H,4-7,10-11,13H2,1-3H3,(H,24,27). The number of aromatic nitrogens is 2. The van der Waals surface area contributed by atoms with Gasteiger partial charge < -0.3 is 14.6 Å². The summed E-state index contributed by atoms with van der Waals surface area (Å²) in [5.74, 6) is 2.40. The predicted molar refractivity (Wildman–Crippen MR) is 119 cm³/mol. The van der Waals surface area contributed by atoms with Gasteiger partial charge in [-0.25, -0.2) is 9.78 Å². The molecular weight excluding hydrogens is 398 g/mol. The summed E-state index contributed by atoms with van der Waals surface area (Å²) < 4.78 is 7.17. The number of amides is 1. The number of benzene rings is 1. The first-order chi connectivity index (χ1) is 14.5. The molecule has 2 saturated carbocycles. The van der Waals surface area contributed by atoms with Crippen molar-refractivity contribution >= 4 is 34.7 Å². The molecule has 4 atom stereocenters. The number of fused-ring (bicyclic) bond motifs is 3. The van der Waals surface area contributed by atoms with Crippen LogP contribution in [0.1, 0.15) is 56.8 Å². The first-order valence-corrected chi connectivity index (χ1v) is 12.1. The number of carbonyl (C=O) groups excluding carboxylic acids is 2. The average Bonchev–Trinajstić information content (AvgIpc) is 3.45. The van der Waals surface area contributed by atoms with Crippen LogP contribution in [0.2, 0.25) is 0 Å². The van der Waals surface area contributed by atoms with Crippen molar-refractivity contribution in [2.75, 3.05) is 12.4 Å². The van der Waals surface area contributed by atoms with E-state index in [0.717, 1.165) is 34.6 Å². The monoisotopic (exact) mass is 429 g/mol. The summed E-state index contributed by atoms with van der Waals surface area (Å²) in [6, 6.07) is 5.68. The molecule has 1 heterocycles. The molecule has 4 rings (SSSR count). The summed E-state index contributed by atoms with van der Waals surface area (Å²) >= 11 is 1.45. The van der Waals surface area contributed by atoms with Crippen molar-refractivity contribution < 1.29 is 14.3 Å². The van der Waals surface area contributed by atoms with Gasteiger partial charge in [0.2, 0.25) is 5.91 Å². The van der Waals surface area contributed by atoms with Gasteiger partial charge >= 0.3 is 5.97 Å². The second kappa shape index (κ2) is 9.00. The normalized spacial score (nSPS) is 23.6. The lowest BCUT2D eigenvalue weighted by molar-refractivity contribution is -0.119. The van der Waals surface area contributed by atoms with E-state index in [4.69, 9.17) is 4.74 Å². The highest BCUT2D eigenvalue weighted by molar-refractivity contribution is 7.99. The number of esters is 1. The van der Waals surface area contributed by atoms with Crippen LogP contribution < -0.4 is 5.32 Å². The van der Waals surface area contributed by atoms with Gasteiger partial charge in [-0.15, -0.1) is 0 Å². The van der Waals surface area contributed by atoms with E-state index in [0.29, 0.717) is 23.8 Å². The van der Waals surface area contributed by atoms with Crippen LogP contribution in [0.15, 0.2) is 23.4 Å². The minimum Gasteiger partial charge on any atom is -0.462 e. The first-order valence-electron chi connectivity index (χ1n) is 11.1. The van der Waals surface area contributed by atoms with E-state index in [-0.39, 0.29) is 17.9 Å². The first kappa shape index (κ1) is 21.2. The van der Waals surface area contributed by atoms with E-state index in [9.17, 15) is 9.59 Å². The molecule has 7 heteroatoms. The Morgan fingerprint density at radius 1 is 1.30 bits per heavy atom. The SMILES string of the molecule is CCOC(=O)c1ccc2c(c1)nc(SCC(=O)NC(C)C1CC3CCC1C3)n2CC. The van der Waals surface area contributed by atoms with E-state index < -0.39 is 0 Å². The zero-order chi connectivity index (χ0) is 21.3. The van der Waals surface area contributed by atoms with Crippen LogP contribution in [0.5, 0.6) is 0 Å². The number of imidazole rings is 1. The molecule has 0 aliphatic heterocycles. The quantitative estimate of drug-likeness (QED) is 0.501. The van der Waals surface area contributed by atoms with Crippen LogP contribution in [0.25, 0.3) is 11.0 Å². The van der Waals surface area contributed by atoms with Gasteiger partial charge in [-0.05, 0) is 76.0 Å². The van der Waals surface area contributed by atoms with Crippen molar-refractivity contribution in [3.63, 3.8) is 0 Å². The van der Waals surface area contributed by atoms with Crippen LogP contribution in [-0.2, 0) is 16.1 Å². The summed E-state index contributed by atoms with van der Waals surface area (Å²) in [6.07, 6.45) is 5.34. The molecule has 4 unspecified atom stereocenters. The van der Waals surface area contributed by atoms with Crippen LogP contribution in [0, 0.1) is 17.8 Å². The molecular formula is C23H31N3O3S. The van der Waals surface area contributed by atoms with E-state index in [1.807, 2.05) is 6.07 Å². The number of aryl methyl sites for hydroxylation is 1. The molecule has 2 aliphatic carbocycles. The van der Waals surface area contributed by atoms with Gasteiger partial charge in [0.25, 0.3) is 0 Å². The molecule has 0 radical (unpaired) electrons. The lowest BCUT2D eigenvalue weighted by atomic mass is 9.84. The minimum atomic E-state index is -0.339. The molecule has 0 spiro atoms. The van der Waals surface area contributed by atoms with Crippen LogP contribution >= 0.6 is 11.8 Å². The van der Waals surface area contributed by atoms with Crippen LogP contribution in [0.3, 0.4) is 0 Å². The fourth-order valence-electron chi connectivity index (χ4n) is 5.30. The van der Waals surface area contributed by atoms with Crippen molar-refractivity contribution in [3.05, 3.63) is 23.8 Å². The van der Waals surface area contributed by atoms with Crippen molar-refractivity contribution in [3.8, 4) is 0 Å². The Hall–Kier alpha value is -2.02. The maximum absolute atomic E-state index is 12.6. The molecule has 2 bridgehead atoms. The number of hydrogen-bond acceptors (Lipinski definition) is 5. The third-order valence-electron chi connectivity index (χ3n) is 6.70. The van der Waals surface area contributed by atoms with Crippen molar-refractivity contribution in [2.45, 2.75) is 64.2 Å². The molecule has 162 valence electrons. The highest BCUT2D eigenvalue weighted by Crippen LogP contribution is 2.49. The predicted octanol–water partition coefficient (Wildman–Crippen LogP) is 4.27. The largest absolute Gasteiger partial charge is 0.462 e. The molecule has 6 nitrogen and oxygen atoms in total. The number of ether oxygens (including phenoxy) is 1. The number of hydrogen-bond donors (Lipinski definition) is 1. The Morgan fingerprint density at radius 3 is 2.80 bits per heavy atom. The zero-order valence-corrected chi connectivity index (χ0v) is 18.8. The summed E-state index contributed by atoms with van der Waals surface area (Å²) in [4.78, 5) is 29.3. The highest BCUT2D eigenvalue weighted by Gasteiger charge is 2.42. The number of rotatable bonds is 8. The lowest BCUT2D eigenvalue weighted by Gasteiger charge is -2.28. The molecule has 1 amide bonds. The summed E-state index contributed by atoms with van der Waals surface area (Å²) in [5.41, 5.74) is 2.21. The van der Waals surface area contributed by atoms with Crippen LogP contribution in [0.4, 0.5) is 0 Å². The third-order valence-corrected chi connectivity index (χ3v) is 7.67. The Morgan fingerprint density at radius 2 is 2.13 bits per heavy atom. The van der Waals surface area contributed by atoms with Gasteiger partial charge in [0.1, 0.15) is 0 Å². The Bertz CT molecular complexity index is 941. The second-order valence-electron chi connectivity index (χ2n) is 8.55. The minimum absolute atomic E-state index is 0.0668. The van der Waals surface area contributed by atoms with Gasteiger partial charge in [-0.1, -0.05) is 18.2 Å². The average molecular weight is 430 g/mol. The molecule has 1 aromatic carbocycles. The maximum Gasteiger partial charge on any atom is 0.338 e. The van der Waals surface area contributed by atoms with Crippen molar-refractivity contribution in [2.24, 2.45) is 17.8 Å². The summed E-state index contributed by atoms with van der Waals surface area (Å²) in [6.45, 7) is 7.10. The van der Waals surface area contributed by atoms with E-state index in [2.05, 4.69) is 28.7 Å². The van der Waals surface area contributed by atoms with Gasteiger partial charge in [0.05, 0.1) is 29.0 Å². The summed E-state index contributed by atoms with van der Waals surface area (Å²) in [5, 5.41) is 4.03. The second-order valence-corrected chi connectivity index (χ2v) is 9.49. The molecule has 2 aliphatic rings. The third kappa shape index (κ3) is 4.22. The fourth-order valence-corrected chi connectivity index (χ4v) is 6.19. The van der Waals surface area contributed by atoms with Crippen molar-refractivity contribution in [1.82, 2.24) is 14.9 Å². The molecule has 30 heavy (non-hydrogen) atoms. The zero-order valence-electron chi connectivity index (χ0n) is 18.0. The number of nitrogens with one attached hydrogen (secondary N) is 1. The molecule has 2 fully saturated rings.